The molecule has 1 heterocycles. The molecule has 1 radical (unpaired) electrons. The topological polar surface area (TPSA) is 41.6 Å². The molecule has 0 aliphatic heterocycles. The standard InChI is InChI=1S/C12H10N3/c13-8-7-12(15-10-4-9-14-15)11-5-2-1-3-6-11/h1-3,5-6,9-10,12H,7H2. The highest BCUT2D eigenvalue weighted by Gasteiger charge is 2.12. The number of nitrogens with zero attached hydrogens (tertiary/aromatic N) is 3. The lowest BCUT2D eigenvalue weighted by atomic mass is 10.1. The molecule has 0 aliphatic carbocycles. The molecule has 1 aromatic carbocycles. The fraction of sp³-hybridized carbons (Fsp3) is 0.167. The van der Waals surface area contributed by atoms with Crippen LogP contribution in [0.5, 0.6) is 0 Å². The van der Waals surface area contributed by atoms with Crippen LogP contribution in [0.1, 0.15) is 18.0 Å². The lowest BCUT2D eigenvalue weighted by Crippen LogP contribution is -2.10. The minimum absolute atomic E-state index is 0.0116. The third kappa shape index (κ3) is 2.05. The number of rotatable bonds is 3. The first-order valence-corrected chi connectivity index (χ1v) is 4.74. The van der Waals surface area contributed by atoms with Crippen LogP contribution in [0.3, 0.4) is 0 Å². The smallest absolute Gasteiger partial charge is 0.0898 e. The fourth-order valence-corrected chi connectivity index (χ4v) is 1.54. The molecule has 0 bridgehead atoms. The second-order valence-electron chi connectivity index (χ2n) is 3.21. The van der Waals surface area contributed by atoms with E-state index in [1.807, 2.05) is 30.3 Å². The average Bonchev–Trinajstić information content (AvgIpc) is 2.80. The Morgan fingerprint density at radius 2 is 2.20 bits per heavy atom. The Morgan fingerprint density at radius 3 is 2.80 bits per heavy atom. The highest BCUT2D eigenvalue weighted by molar-refractivity contribution is 5.20. The van der Waals surface area contributed by atoms with Gasteiger partial charge in [-0.15, -0.1) is 0 Å². The molecule has 1 atom stereocenters. The van der Waals surface area contributed by atoms with Gasteiger partial charge in [0.1, 0.15) is 0 Å². The summed E-state index contributed by atoms with van der Waals surface area (Å²) in [4.78, 5) is 0. The molecular formula is C12H10N3. The van der Waals surface area contributed by atoms with Gasteiger partial charge in [0, 0.05) is 12.3 Å². The maximum absolute atomic E-state index is 8.80. The Labute approximate surface area is 88.6 Å². The van der Waals surface area contributed by atoms with Crippen molar-refractivity contribution in [1.29, 1.82) is 5.26 Å². The summed E-state index contributed by atoms with van der Waals surface area (Å²) in [7, 11) is 0. The lowest BCUT2D eigenvalue weighted by molar-refractivity contribution is 0.532. The second-order valence-corrected chi connectivity index (χ2v) is 3.21. The molecule has 3 nitrogen and oxygen atoms in total. The van der Waals surface area contributed by atoms with E-state index in [2.05, 4.69) is 17.2 Å². The van der Waals surface area contributed by atoms with E-state index >= 15 is 0 Å². The normalized spacial score (nSPS) is 11.9. The molecule has 0 aliphatic rings. The van der Waals surface area contributed by atoms with Gasteiger partial charge in [-0.25, -0.2) is 0 Å². The van der Waals surface area contributed by atoms with Gasteiger partial charge in [-0.3, -0.25) is 4.68 Å². The Balaban J connectivity index is 2.33. The summed E-state index contributed by atoms with van der Waals surface area (Å²) in [6, 6.07) is 14.9. The van der Waals surface area contributed by atoms with E-state index in [0.29, 0.717) is 6.42 Å². The third-order valence-electron chi connectivity index (χ3n) is 2.26. The van der Waals surface area contributed by atoms with Crippen LogP contribution in [-0.2, 0) is 0 Å². The molecule has 2 rings (SSSR count). The minimum atomic E-state index is -0.0116. The minimum Gasteiger partial charge on any atom is -0.264 e. The molecule has 0 saturated carbocycles. The van der Waals surface area contributed by atoms with Crippen molar-refractivity contribution in [3.63, 3.8) is 0 Å². The number of nitriles is 1. The summed E-state index contributed by atoms with van der Waals surface area (Å²) in [6.45, 7) is 0. The van der Waals surface area contributed by atoms with E-state index in [0.717, 1.165) is 5.56 Å². The van der Waals surface area contributed by atoms with E-state index in [-0.39, 0.29) is 6.04 Å². The van der Waals surface area contributed by atoms with Crippen LogP contribution in [0.4, 0.5) is 0 Å². The number of benzene rings is 1. The van der Waals surface area contributed by atoms with Gasteiger partial charge in [-0.1, -0.05) is 30.3 Å². The zero-order chi connectivity index (χ0) is 10.5. The maximum atomic E-state index is 8.80. The highest BCUT2D eigenvalue weighted by Crippen LogP contribution is 2.19. The highest BCUT2D eigenvalue weighted by atomic mass is 15.3. The van der Waals surface area contributed by atoms with Crippen molar-refractivity contribution >= 4 is 0 Å². The average molecular weight is 196 g/mol. The summed E-state index contributed by atoms with van der Waals surface area (Å²) < 4.78 is 1.76. The lowest BCUT2D eigenvalue weighted by Gasteiger charge is -2.14. The van der Waals surface area contributed by atoms with Crippen LogP contribution >= 0.6 is 0 Å². The van der Waals surface area contributed by atoms with Gasteiger partial charge >= 0.3 is 0 Å². The Morgan fingerprint density at radius 1 is 1.40 bits per heavy atom. The van der Waals surface area contributed by atoms with Gasteiger partial charge in [0.25, 0.3) is 0 Å². The van der Waals surface area contributed by atoms with Crippen molar-refractivity contribution in [1.82, 2.24) is 9.78 Å². The molecule has 15 heavy (non-hydrogen) atoms. The zero-order valence-electron chi connectivity index (χ0n) is 8.17. The van der Waals surface area contributed by atoms with Gasteiger partial charge in [0.15, 0.2) is 0 Å². The molecule has 73 valence electrons. The van der Waals surface area contributed by atoms with Crippen LogP contribution in [0.25, 0.3) is 0 Å². The first-order valence-electron chi connectivity index (χ1n) is 4.74. The molecular weight excluding hydrogens is 186 g/mol. The van der Waals surface area contributed by atoms with E-state index < -0.39 is 0 Å². The van der Waals surface area contributed by atoms with Gasteiger partial charge in [0.05, 0.1) is 24.7 Å². The number of hydrogen-bond donors (Lipinski definition) is 0. The summed E-state index contributed by atoms with van der Waals surface area (Å²) in [5.74, 6) is 0. The summed E-state index contributed by atoms with van der Waals surface area (Å²) in [5, 5.41) is 12.9. The van der Waals surface area contributed by atoms with Crippen molar-refractivity contribution in [3.8, 4) is 6.07 Å². The van der Waals surface area contributed by atoms with Crippen LogP contribution in [0.2, 0.25) is 0 Å². The molecule has 3 heteroatoms. The van der Waals surface area contributed by atoms with Crippen LogP contribution in [-0.4, -0.2) is 9.78 Å². The van der Waals surface area contributed by atoms with Gasteiger partial charge in [0.2, 0.25) is 0 Å². The molecule has 2 aromatic rings. The number of hydrogen-bond acceptors (Lipinski definition) is 2. The molecule has 1 aromatic heterocycles. The molecule has 0 N–H and O–H groups in total. The van der Waals surface area contributed by atoms with E-state index in [1.165, 1.54) is 0 Å². The van der Waals surface area contributed by atoms with Crippen molar-refractivity contribution in [2.24, 2.45) is 0 Å². The zero-order valence-corrected chi connectivity index (χ0v) is 8.17. The van der Waals surface area contributed by atoms with Crippen LogP contribution < -0.4 is 0 Å². The van der Waals surface area contributed by atoms with Crippen molar-refractivity contribution < 1.29 is 0 Å². The van der Waals surface area contributed by atoms with Gasteiger partial charge in [-0.2, -0.15) is 10.4 Å². The third-order valence-corrected chi connectivity index (χ3v) is 2.26. The Kier molecular flexibility index (Phi) is 2.80. The molecule has 0 spiro atoms. The summed E-state index contributed by atoms with van der Waals surface area (Å²) in [6.07, 6.45) is 3.78. The number of aromatic nitrogens is 2. The first kappa shape index (κ1) is 9.47. The summed E-state index contributed by atoms with van der Waals surface area (Å²) in [5.41, 5.74) is 1.09. The first-order chi connectivity index (χ1) is 7.42. The molecule has 0 fully saturated rings. The van der Waals surface area contributed by atoms with Crippen molar-refractivity contribution in [2.45, 2.75) is 12.5 Å². The van der Waals surface area contributed by atoms with E-state index in [9.17, 15) is 0 Å². The van der Waals surface area contributed by atoms with Gasteiger partial charge in [-0.05, 0) is 5.56 Å². The predicted octanol–water partition coefficient (Wildman–Crippen LogP) is 2.19. The fourth-order valence-electron chi connectivity index (χ4n) is 1.54. The SMILES string of the molecule is N#CCC(c1ccccc1)n1c[c]cn1. The van der Waals surface area contributed by atoms with E-state index in [4.69, 9.17) is 5.26 Å². The second kappa shape index (κ2) is 4.43. The van der Waals surface area contributed by atoms with Crippen LogP contribution in [0.15, 0.2) is 42.7 Å². The molecule has 1 unspecified atom stereocenters. The Bertz CT molecular complexity index is 439. The van der Waals surface area contributed by atoms with Crippen molar-refractivity contribution in [2.75, 3.05) is 0 Å². The quantitative estimate of drug-likeness (QED) is 0.755. The van der Waals surface area contributed by atoms with Gasteiger partial charge < -0.3 is 0 Å². The summed E-state index contributed by atoms with van der Waals surface area (Å²) >= 11 is 0. The predicted molar refractivity (Wildman–Crippen MR) is 55.9 cm³/mol. The maximum Gasteiger partial charge on any atom is 0.0898 e. The molecule has 0 amide bonds. The van der Waals surface area contributed by atoms with E-state index in [1.54, 1.807) is 17.1 Å². The van der Waals surface area contributed by atoms with Crippen LogP contribution in [0, 0.1) is 17.4 Å². The monoisotopic (exact) mass is 196 g/mol. The van der Waals surface area contributed by atoms with Crippen molar-refractivity contribution in [3.05, 3.63) is 54.4 Å². The molecule has 0 saturated heterocycles. The largest absolute Gasteiger partial charge is 0.264 e. The Hall–Kier alpha value is -2.08.